The minimum absolute atomic E-state index is 0.00788. The van der Waals surface area contributed by atoms with Crippen molar-refractivity contribution in [3.8, 4) is 28.0 Å². The zero-order valence-electron chi connectivity index (χ0n) is 82.5. The lowest BCUT2D eigenvalue weighted by molar-refractivity contribution is -0.146. The van der Waals surface area contributed by atoms with E-state index in [-0.39, 0.29) is 121 Å². The number of carbonyl (C=O) groups excluding carboxylic acids is 14. The van der Waals surface area contributed by atoms with Crippen LogP contribution in [0.5, 0.6) is 5.75 Å². The molecule has 0 saturated carbocycles. The largest absolute Gasteiger partial charge is 0.508 e. The van der Waals surface area contributed by atoms with Crippen molar-refractivity contribution >= 4 is 128 Å². The Morgan fingerprint density at radius 2 is 0.893 bits per heavy atom. The van der Waals surface area contributed by atoms with Gasteiger partial charge < -0.3 is 121 Å². The highest BCUT2D eigenvalue weighted by Crippen LogP contribution is 2.33. The van der Waals surface area contributed by atoms with Crippen molar-refractivity contribution in [3.05, 3.63) is 256 Å². The van der Waals surface area contributed by atoms with Crippen molar-refractivity contribution < 1.29 is 116 Å². The number of carbonyl (C=O) groups is 18. The lowest BCUT2D eigenvalue weighted by Gasteiger charge is -2.31. The summed E-state index contributed by atoms with van der Waals surface area (Å²) >= 11 is 0. The number of carboxylic acid groups (broad SMARTS) is 4. The minimum Gasteiger partial charge on any atom is -0.508 e. The molecule has 2 aromatic heterocycles. The maximum atomic E-state index is 16.1. The average Bonchev–Trinajstić information content (AvgIpc) is 1.59. The Hall–Kier alpha value is -17.1. The number of phenols is 1. The first-order valence-corrected chi connectivity index (χ1v) is 48.6. The number of aromatic nitrogens is 2. The Bertz CT molecular complexity index is 6600. The number of halogens is 1. The molecule has 0 spiro atoms. The van der Waals surface area contributed by atoms with Crippen molar-refractivity contribution in [1.29, 1.82) is 0 Å². The molecule has 149 heavy (non-hydrogen) atoms. The number of aromatic amines is 2. The molecule has 14 amide bonds. The fraction of sp³-hybridized carbons (Fsp3) is 0.346. The van der Waals surface area contributed by atoms with Gasteiger partial charge in [-0.3, -0.25) is 71.9 Å². The average molecular weight is 2050 g/mol. The van der Waals surface area contributed by atoms with Gasteiger partial charge in [-0.1, -0.05) is 142 Å². The van der Waals surface area contributed by atoms with Crippen LogP contribution in [0.4, 0.5) is 4.39 Å². The first-order valence-electron chi connectivity index (χ1n) is 48.6. The summed E-state index contributed by atoms with van der Waals surface area (Å²) in [5.74, 6) is -22.4. The number of aryl methyl sites for hydroxylation is 1. The highest BCUT2D eigenvalue weighted by molar-refractivity contribution is 6.03. The van der Waals surface area contributed by atoms with Gasteiger partial charge in [-0.15, -0.1) is 0 Å². The maximum absolute atomic E-state index is 16.1. The summed E-state index contributed by atoms with van der Waals surface area (Å²) in [5, 5.41) is 82.3. The number of H-pyrrole nitrogens is 2. The molecule has 41 nitrogen and oxygen atoms in total. The second kappa shape index (κ2) is 51.1. The van der Waals surface area contributed by atoms with Gasteiger partial charge in [0, 0.05) is 85.4 Å². The van der Waals surface area contributed by atoms with Gasteiger partial charge in [-0.05, 0) is 194 Å². The summed E-state index contributed by atoms with van der Waals surface area (Å²) in [6.45, 7) is 5.25. The zero-order chi connectivity index (χ0) is 108. The van der Waals surface area contributed by atoms with E-state index in [1.54, 1.807) is 129 Å². The number of nitrogens with two attached hydrogens (primary N) is 2. The number of hydrogen-bond donors (Lipinski definition) is 21. The van der Waals surface area contributed by atoms with Crippen molar-refractivity contribution in [1.82, 2.24) is 83.6 Å². The van der Waals surface area contributed by atoms with Crippen molar-refractivity contribution in [2.75, 3.05) is 33.2 Å². The molecule has 0 aliphatic carbocycles. The second-order valence-corrected chi connectivity index (χ2v) is 37.6. The van der Waals surface area contributed by atoms with E-state index in [1.807, 2.05) is 0 Å². The number of hydrogen-bond acceptors (Lipinski definition) is 21. The minimum atomic E-state index is -2.08. The Morgan fingerprint density at radius 3 is 1.44 bits per heavy atom. The van der Waals surface area contributed by atoms with E-state index >= 15 is 47.5 Å². The van der Waals surface area contributed by atoms with Crippen LogP contribution in [0.2, 0.25) is 0 Å². The highest BCUT2D eigenvalue weighted by Gasteiger charge is 2.44. The van der Waals surface area contributed by atoms with Gasteiger partial charge in [0.1, 0.15) is 84.1 Å². The fourth-order valence-corrected chi connectivity index (χ4v) is 17.8. The van der Waals surface area contributed by atoms with Gasteiger partial charge >= 0.3 is 23.9 Å². The molecule has 0 radical (unpaired) electrons. The summed E-state index contributed by atoms with van der Waals surface area (Å²) in [7, 11) is 1.08. The molecule has 2 saturated heterocycles. The Balaban J connectivity index is 0.923. The second-order valence-electron chi connectivity index (χ2n) is 37.6. The van der Waals surface area contributed by atoms with Crippen LogP contribution in [-0.2, 0) is 104 Å². The number of benzene rings is 8. The number of aromatic hydroxyl groups is 1. The van der Waals surface area contributed by atoms with Gasteiger partial charge in [0.05, 0.1) is 36.2 Å². The van der Waals surface area contributed by atoms with E-state index in [1.165, 1.54) is 99.8 Å². The molecular weight excluding hydrogens is 1920 g/mol. The van der Waals surface area contributed by atoms with Crippen molar-refractivity contribution in [2.45, 2.75) is 196 Å². The number of rotatable bonds is 26. The van der Waals surface area contributed by atoms with Crippen LogP contribution in [0, 0.1) is 11.7 Å². The number of aromatic carboxylic acids is 3. The summed E-state index contributed by atoms with van der Waals surface area (Å²) in [6.07, 6.45) is 0.00669. The molecule has 2 aliphatic rings. The molecule has 14 atom stereocenters. The molecule has 0 bridgehead atoms. The van der Waals surface area contributed by atoms with Crippen LogP contribution < -0.4 is 75.3 Å². The molecular formula is C107H121FN18O23. The fourth-order valence-electron chi connectivity index (χ4n) is 17.8. The molecule has 784 valence electrons. The van der Waals surface area contributed by atoms with Gasteiger partial charge in [0.2, 0.25) is 82.7 Å². The predicted molar refractivity (Wildman–Crippen MR) is 543 cm³/mol. The lowest BCUT2D eigenvalue weighted by atomic mass is 9.91. The third-order valence-corrected chi connectivity index (χ3v) is 26.3. The van der Waals surface area contributed by atoms with E-state index in [2.05, 4.69) is 73.8 Å². The summed E-state index contributed by atoms with van der Waals surface area (Å²) in [4.78, 5) is 269. The third kappa shape index (κ3) is 29.9. The summed E-state index contributed by atoms with van der Waals surface area (Å²) < 4.78 is 16.1. The summed E-state index contributed by atoms with van der Waals surface area (Å²) in [6, 6.07) is 26.1. The van der Waals surface area contributed by atoms with E-state index in [9.17, 15) is 68.7 Å². The van der Waals surface area contributed by atoms with Gasteiger partial charge in [0.25, 0.3) is 0 Å². The number of aliphatic carboxylic acids is 1. The van der Waals surface area contributed by atoms with E-state index in [0.29, 0.717) is 61.8 Å². The first-order chi connectivity index (χ1) is 71.1. The molecule has 4 heterocycles. The Kier molecular flexibility index (Phi) is 38.0. The first kappa shape index (κ1) is 111. The van der Waals surface area contributed by atoms with E-state index in [0.717, 1.165) is 22.9 Å². The topological polar surface area (TPSA) is 643 Å². The van der Waals surface area contributed by atoms with Gasteiger partial charge in [-0.2, -0.15) is 0 Å². The number of carboxylic acids is 4. The third-order valence-electron chi connectivity index (χ3n) is 26.3. The number of para-hydroxylation sites is 1. The maximum Gasteiger partial charge on any atom is 0.335 e. The standard InChI is InChI=1S/C107H121FN18O23/c1-56(2)44-81-98(137)115-58(4)93(132)117-80(42-25-60-23-40-73(127)41-24-60)97(136)121-84(47-62-19-28-65(29-20-62)67-34-38-70(39-35-67)107(148)149)100(139)122-85(48-71-51-111-77-14-8-7-12-74(71)77)101(140)120-82(45-63-21-30-68(31-22-63)105(144)145)95(134)114-54-89(129)126-55-72(110)49-87(126)102(141)124-92(57(3)75-52-112-78-16-11-13-76(108)91(75)78)103(142)123-86(50-90(130)131)104(143)125(6)59(5)94(133)113-53-88(128)116-83(99(138)118-79(96(135)119-81)15-9-10-43-109)46-61-17-26-64(27-18-61)66-32-36-69(37-33-66)106(146)147/h7-8,11-14,16-24,26-41,51-52,56-59,72,79-87,92,111-112,127H,9-10,15,25,42-50,53-55,109-110H2,1-6H3,(H,113,133)(H,114,134)(H,115,137)(H,116,128)(H,117,132)(H,118,138)(H,119,135)(H,120,140)(H,121,136)(H,122,139)(H,123,142)(H,124,141)(H,130,131)(H,144,145)(H,146,147)(H,148,149)/t57-,58+,59+,72+,79-,80-,81-,82-,83-,84-,85-,86-,87-,92-/m0/s1. The smallest absolute Gasteiger partial charge is 0.335 e. The normalized spacial score (nSPS) is 21.9. The Morgan fingerprint density at radius 1 is 0.443 bits per heavy atom. The molecule has 12 rings (SSSR count). The number of unbranched alkanes of at least 4 members (excludes halogenated alkanes) is 1. The number of fused-ring (bicyclic) bond motifs is 3. The summed E-state index contributed by atoms with van der Waals surface area (Å²) in [5.41, 5.74) is 17.7. The number of nitrogens with one attached hydrogen (secondary N) is 14. The van der Waals surface area contributed by atoms with Crippen LogP contribution in [0.1, 0.15) is 150 Å². The molecule has 8 aromatic carbocycles. The Labute approximate surface area is 855 Å². The number of phenolic OH excluding ortho intramolecular Hbond substituents is 1. The quantitative estimate of drug-likeness (QED) is 0.0338. The van der Waals surface area contributed by atoms with Crippen molar-refractivity contribution in [2.24, 2.45) is 17.4 Å². The van der Waals surface area contributed by atoms with Gasteiger partial charge in [-0.25, -0.2) is 18.8 Å². The van der Waals surface area contributed by atoms with Crippen molar-refractivity contribution in [3.63, 3.8) is 0 Å². The van der Waals surface area contributed by atoms with Crippen LogP contribution in [0.3, 0.4) is 0 Å². The van der Waals surface area contributed by atoms with Gasteiger partial charge in [0.15, 0.2) is 0 Å². The molecule has 2 aliphatic heterocycles. The van der Waals surface area contributed by atoms with Crippen LogP contribution >= 0.6 is 0 Å². The predicted octanol–water partition coefficient (Wildman–Crippen LogP) is 4.17. The molecule has 2 fully saturated rings. The van der Waals surface area contributed by atoms with E-state index < -0.39 is 223 Å². The molecule has 0 unspecified atom stereocenters. The number of amides is 14. The molecule has 42 heteroatoms. The van der Waals surface area contributed by atoms with Crippen LogP contribution in [0.25, 0.3) is 44.1 Å². The van der Waals surface area contributed by atoms with E-state index in [4.69, 9.17) is 11.5 Å². The van der Waals surface area contributed by atoms with Crippen LogP contribution in [-0.4, -0.2) is 264 Å². The lowest BCUT2D eigenvalue weighted by Crippen LogP contribution is -2.61. The number of nitrogens with zero attached hydrogens (tertiary/aromatic N) is 2. The molecule has 10 aromatic rings. The monoisotopic (exact) mass is 2040 g/mol. The van der Waals surface area contributed by atoms with Crippen LogP contribution in [0.15, 0.2) is 200 Å². The highest BCUT2D eigenvalue weighted by atomic mass is 19.1. The SMILES string of the molecule is CC(C)C[C@@H]1NC(=O)[C@H](CCCCN)NC(=O)[C@H](Cc2ccc(-c3ccc(C(=O)O)cc3)cc2)NC(=O)CNC(=O)[C@@H](C)N(C)C(=O)[C@H](CC(=O)O)NC(=O)[C@H]([C@@H](C)c2c[nH]c3cccc(F)c23)NC(=O)[C@@H]2C[C@@H](N)CN2C(=O)CNC(=O)[C@H](Cc2ccc(C(=O)O)cc2)NC(=O)[C@H](Cc2c[nH]c3ccccc23)NC(=O)[C@H](Cc2ccc(-c3ccc(C(=O)O)cc3)cc2)NC(=O)[C@H](CCc2ccc(O)cc2)NC(=O)[C@@H](C)NC1=O. The number of likely N-dealkylation sites (N-methyl/N-ethyl adjacent to an activating group) is 1. The zero-order valence-corrected chi connectivity index (χ0v) is 82.5. The molecule has 23 N–H and O–H groups in total.